The molecule has 0 saturated carbocycles. The highest BCUT2D eigenvalue weighted by Gasteiger charge is 2.14. The van der Waals surface area contributed by atoms with E-state index in [1.165, 1.54) is 0 Å². The van der Waals surface area contributed by atoms with Crippen LogP contribution in [0.3, 0.4) is 0 Å². The van der Waals surface area contributed by atoms with Gasteiger partial charge in [-0.25, -0.2) is 0 Å². The molecule has 266 valence electrons. The zero-order chi connectivity index (χ0) is 31.6. The lowest BCUT2D eigenvalue weighted by Gasteiger charge is -2.10. The van der Waals surface area contributed by atoms with Gasteiger partial charge in [-0.05, 0) is 64.2 Å². The number of benzene rings is 4. The number of aromatic nitrogens is 2. The molecule has 5 aromatic rings. The number of nitrogens with zero attached hydrogens (tertiary/aromatic N) is 2. The molecule has 0 fully saturated rings. The molecule has 4 aromatic carbocycles. The number of rotatable bonds is 10. The molecule has 0 radical (unpaired) electrons. The number of amides is 1. The van der Waals surface area contributed by atoms with E-state index in [1.54, 1.807) is 18.2 Å². The van der Waals surface area contributed by atoms with Crippen LogP contribution in [0, 0.1) is 0 Å². The second-order valence-corrected chi connectivity index (χ2v) is 10.6. The lowest BCUT2D eigenvalue weighted by Crippen LogP contribution is -2.25. The van der Waals surface area contributed by atoms with Crippen molar-refractivity contribution in [2.24, 2.45) is 11.7 Å². The van der Waals surface area contributed by atoms with Crippen LogP contribution in [0.5, 0.6) is 0 Å². The first kappa shape index (κ1) is 47.1. The molecule has 0 spiro atoms. The fourth-order valence-electron chi connectivity index (χ4n) is 4.57. The van der Waals surface area contributed by atoms with Crippen molar-refractivity contribution in [2.45, 2.75) is 19.6 Å². The van der Waals surface area contributed by atoms with Crippen molar-refractivity contribution in [3.63, 3.8) is 0 Å². The van der Waals surface area contributed by atoms with Gasteiger partial charge in [0.15, 0.2) is 0 Å². The number of carbonyl (C=O) groups is 2. The molecule has 12 nitrogen and oxygen atoms in total. The first-order valence-electron chi connectivity index (χ1n) is 13.6. The lowest BCUT2D eigenvalue weighted by molar-refractivity contribution is -0.136. The number of aliphatic hydroxyl groups excluding tert-OH is 1. The summed E-state index contributed by atoms with van der Waals surface area (Å²) >= 11 is 12.6. The molecule has 0 aliphatic carbocycles. The van der Waals surface area contributed by atoms with E-state index in [0.717, 1.165) is 39.1 Å². The molecule has 0 bridgehead atoms. The Labute approximate surface area is 305 Å². The molecule has 0 atom stereocenters. The Kier molecular flexibility index (Phi) is 21.7. The first-order valence-corrected chi connectivity index (χ1v) is 14.3. The summed E-state index contributed by atoms with van der Waals surface area (Å²) in [5.41, 5.74) is 7.70. The molecule has 0 unspecified atom stereocenters. The molecular formula is C33H39Cl4N5O7. The van der Waals surface area contributed by atoms with Crippen LogP contribution in [0.15, 0.2) is 97.1 Å². The summed E-state index contributed by atoms with van der Waals surface area (Å²) in [4.78, 5) is 23.1. The quantitative estimate of drug-likeness (QED) is 0.103. The molecule has 13 N–H and O–H groups in total. The normalized spacial score (nSPS) is 9.49. The number of aliphatic hydroxyl groups is 1. The summed E-state index contributed by atoms with van der Waals surface area (Å²) < 4.78 is 1.90. The van der Waals surface area contributed by atoms with Crippen LogP contribution in [-0.4, -0.2) is 54.8 Å². The van der Waals surface area contributed by atoms with Crippen molar-refractivity contribution in [3.8, 4) is 33.6 Å². The molecule has 16 heteroatoms. The predicted molar refractivity (Wildman–Crippen MR) is 198 cm³/mol. The minimum atomic E-state index is -0.966. The number of aliphatic carboxylic acids is 1. The molecular weight excluding hydrogens is 720 g/mol. The van der Waals surface area contributed by atoms with Gasteiger partial charge >= 0.3 is 5.97 Å². The Morgan fingerprint density at radius 3 is 1.71 bits per heavy atom. The van der Waals surface area contributed by atoms with E-state index in [0.29, 0.717) is 27.8 Å². The van der Waals surface area contributed by atoms with Crippen molar-refractivity contribution in [2.75, 3.05) is 6.54 Å². The van der Waals surface area contributed by atoms with E-state index in [9.17, 15) is 14.7 Å². The maximum absolute atomic E-state index is 12.4. The number of halogens is 4. The van der Waals surface area contributed by atoms with Gasteiger partial charge in [-0.1, -0.05) is 83.9 Å². The Hall–Kier alpha value is -4.05. The van der Waals surface area contributed by atoms with Crippen molar-refractivity contribution in [3.05, 3.63) is 124 Å². The number of hydrogen-bond donors (Lipinski definition) is 5. The SMILES string of the molecule is Cl.Cl.NN.O.O.O.O=C(O)CCNC(=O)c1ccc(Cn2nc(-c3cc(Cl)cc(Cl)c3)cc2-c2ccc(-c3ccc(CO)cc3)cc2)cc1. The van der Waals surface area contributed by atoms with Crippen LogP contribution in [0.4, 0.5) is 0 Å². The minimum Gasteiger partial charge on any atom is -0.481 e. The fraction of sp³-hybridized carbons (Fsp3) is 0.121. The topological polar surface area (TPSA) is 251 Å². The van der Waals surface area contributed by atoms with Crippen LogP contribution in [0.2, 0.25) is 10.0 Å². The second kappa shape index (κ2) is 22.6. The smallest absolute Gasteiger partial charge is 0.305 e. The Morgan fingerprint density at radius 2 is 1.20 bits per heavy atom. The number of nitrogens with one attached hydrogen (secondary N) is 1. The van der Waals surface area contributed by atoms with Crippen molar-refractivity contribution < 1.29 is 36.2 Å². The number of carboxylic acids is 1. The van der Waals surface area contributed by atoms with E-state index in [-0.39, 0.29) is 66.7 Å². The van der Waals surface area contributed by atoms with Crippen molar-refractivity contribution >= 4 is 59.9 Å². The van der Waals surface area contributed by atoms with Gasteiger partial charge in [0.1, 0.15) is 0 Å². The van der Waals surface area contributed by atoms with Crippen LogP contribution in [0.1, 0.15) is 27.9 Å². The summed E-state index contributed by atoms with van der Waals surface area (Å²) in [5, 5.41) is 26.7. The summed E-state index contributed by atoms with van der Waals surface area (Å²) in [6.45, 7) is 0.511. The maximum Gasteiger partial charge on any atom is 0.305 e. The van der Waals surface area contributed by atoms with Gasteiger partial charge in [0.25, 0.3) is 5.91 Å². The van der Waals surface area contributed by atoms with Crippen LogP contribution in [-0.2, 0) is 17.9 Å². The van der Waals surface area contributed by atoms with Gasteiger partial charge < -0.3 is 32.0 Å². The molecule has 0 aliphatic rings. The van der Waals surface area contributed by atoms with Crippen molar-refractivity contribution in [1.29, 1.82) is 0 Å². The van der Waals surface area contributed by atoms with E-state index < -0.39 is 5.97 Å². The third-order valence-corrected chi connectivity index (χ3v) is 7.20. The van der Waals surface area contributed by atoms with Crippen LogP contribution >= 0.6 is 48.0 Å². The lowest BCUT2D eigenvalue weighted by atomic mass is 10.0. The van der Waals surface area contributed by atoms with E-state index >= 15 is 0 Å². The summed E-state index contributed by atoms with van der Waals surface area (Å²) in [6.07, 6.45) is -0.136. The molecule has 0 saturated heterocycles. The molecule has 1 aromatic heterocycles. The predicted octanol–water partition coefficient (Wildman–Crippen LogP) is 4.12. The standard InChI is InChI=1S/C33H27Cl2N3O4.2ClH.H4N2.3H2O/c34-28-15-27(16-29(35)17-28)30-18-31(25-11-9-24(10-12-25)23-5-3-22(20-39)4-6-23)38(37-30)19-21-1-7-26(8-2-21)33(42)36-14-13-32(40)41;;;1-2;;;/h1-12,15-18,39H,13-14,19-20H2,(H,36,42)(H,40,41);2*1H;1-2H2;3*1H2. The Bertz CT molecular complexity index is 1720. The molecule has 1 amide bonds. The minimum absolute atomic E-state index is 0. The summed E-state index contributed by atoms with van der Waals surface area (Å²) in [7, 11) is 0. The van der Waals surface area contributed by atoms with Crippen molar-refractivity contribution in [1.82, 2.24) is 15.1 Å². The third-order valence-electron chi connectivity index (χ3n) is 6.76. The average Bonchev–Trinajstić information content (AvgIpc) is 3.45. The Balaban J connectivity index is 0. The average molecular weight is 760 g/mol. The van der Waals surface area contributed by atoms with Crippen LogP contribution < -0.4 is 17.0 Å². The highest BCUT2D eigenvalue weighted by atomic mass is 35.5. The van der Waals surface area contributed by atoms with E-state index in [1.807, 2.05) is 83.5 Å². The van der Waals surface area contributed by atoms with Gasteiger partial charge in [0.2, 0.25) is 0 Å². The maximum atomic E-state index is 12.4. The monoisotopic (exact) mass is 757 g/mol. The summed E-state index contributed by atoms with van der Waals surface area (Å²) in [5.74, 6) is 6.71. The van der Waals surface area contributed by atoms with Gasteiger partial charge in [-0.2, -0.15) is 5.10 Å². The van der Waals surface area contributed by atoms with Gasteiger partial charge in [0.05, 0.1) is 31.0 Å². The molecule has 5 rings (SSSR count). The fourth-order valence-corrected chi connectivity index (χ4v) is 5.09. The number of carboxylic acid groups (broad SMARTS) is 1. The van der Waals surface area contributed by atoms with E-state index in [2.05, 4.69) is 17.0 Å². The second-order valence-electron chi connectivity index (χ2n) is 9.76. The number of carbonyl (C=O) groups excluding carboxylic acids is 1. The number of hydrazine groups is 1. The molecule has 1 heterocycles. The third kappa shape index (κ3) is 12.7. The summed E-state index contributed by atoms with van der Waals surface area (Å²) in [6, 6.07) is 30.4. The van der Waals surface area contributed by atoms with Gasteiger partial charge in [0, 0.05) is 27.7 Å². The largest absolute Gasteiger partial charge is 0.481 e. The molecule has 49 heavy (non-hydrogen) atoms. The van der Waals surface area contributed by atoms with Crippen LogP contribution in [0.25, 0.3) is 33.6 Å². The molecule has 0 aliphatic heterocycles. The van der Waals surface area contributed by atoms with Gasteiger partial charge in [-0.3, -0.25) is 26.0 Å². The zero-order valence-electron chi connectivity index (χ0n) is 25.9. The highest BCUT2D eigenvalue weighted by molar-refractivity contribution is 6.35. The first-order chi connectivity index (χ1) is 21.3. The number of hydrogen-bond acceptors (Lipinski definition) is 6. The number of nitrogens with two attached hydrogens (primary N) is 2. The van der Waals surface area contributed by atoms with Gasteiger partial charge in [-0.15, -0.1) is 24.8 Å². The van der Waals surface area contributed by atoms with E-state index in [4.69, 9.17) is 33.4 Å². The zero-order valence-corrected chi connectivity index (χ0v) is 29.0. The highest BCUT2D eigenvalue weighted by Crippen LogP contribution is 2.32. The Morgan fingerprint density at radius 1 is 0.714 bits per heavy atom.